The zero-order valence-corrected chi connectivity index (χ0v) is 12.6. The highest BCUT2D eigenvalue weighted by Crippen LogP contribution is 2.23. The van der Waals surface area contributed by atoms with Gasteiger partial charge in [0.05, 0.1) is 0 Å². The molecule has 0 bridgehead atoms. The molecule has 0 aliphatic rings. The average Bonchev–Trinajstić information content (AvgIpc) is 2.37. The van der Waals surface area contributed by atoms with Crippen LogP contribution in [0.5, 0.6) is 5.75 Å². The summed E-state index contributed by atoms with van der Waals surface area (Å²) in [5.74, 6) is 0.723. The number of nitrogens with one attached hydrogen (secondary N) is 1. The standard InChI is InChI=1S/C13H19BrN2O2/c1-4-16(3)13(17)9-18-12-6-5-11(14)7-10(12)8-15-2/h5-7,15H,4,8-9H2,1-3H3. The third-order valence-electron chi connectivity index (χ3n) is 2.64. The quantitative estimate of drug-likeness (QED) is 0.873. The van der Waals surface area contributed by atoms with Crippen LogP contribution in [0, 0.1) is 0 Å². The number of carbonyl (C=O) groups excluding carboxylic acids is 1. The third kappa shape index (κ3) is 4.31. The first-order chi connectivity index (χ1) is 8.58. The van der Waals surface area contributed by atoms with Crippen LogP contribution in [0.2, 0.25) is 0 Å². The van der Waals surface area contributed by atoms with Gasteiger partial charge in [0.15, 0.2) is 6.61 Å². The van der Waals surface area contributed by atoms with Crippen LogP contribution in [0.1, 0.15) is 12.5 Å². The fourth-order valence-electron chi connectivity index (χ4n) is 1.44. The van der Waals surface area contributed by atoms with Gasteiger partial charge in [-0.05, 0) is 32.2 Å². The molecule has 0 saturated carbocycles. The molecule has 0 fully saturated rings. The summed E-state index contributed by atoms with van der Waals surface area (Å²) in [7, 11) is 3.64. The predicted molar refractivity (Wildman–Crippen MR) is 75.7 cm³/mol. The Morgan fingerprint density at radius 3 is 2.83 bits per heavy atom. The minimum Gasteiger partial charge on any atom is -0.483 e. The molecule has 0 heterocycles. The zero-order chi connectivity index (χ0) is 13.5. The van der Waals surface area contributed by atoms with Gasteiger partial charge in [-0.25, -0.2) is 0 Å². The van der Waals surface area contributed by atoms with Gasteiger partial charge in [0.25, 0.3) is 5.91 Å². The van der Waals surface area contributed by atoms with E-state index in [1.807, 2.05) is 32.2 Å². The monoisotopic (exact) mass is 314 g/mol. The highest BCUT2D eigenvalue weighted by Gasteiger charge is 2.09. The molecule has 0 aliphatic heterocycles. The number of nitrogens with zero attached hydrogens (tertiary/aromatic N) is 1. The molecule has 1 rings (SSSR count). The Balaban J connectivity index is 2.69. The lowest BCUT2D eigenvalue weighted by Crippen LogP contribution is -2.31. The molecule has 1 aromatic carbocycles. The Labute approximate surface area is 116 Å². The van der Waals surface area contributed by atoms with E-state index in [4.69, 9.17) is 4.74 Å². The van der Waals surface area contributed by atoms with Crippen molar-refractivity contribution in [2.75, 3.05) is 27.2 Å². The first-order valence-corrected chi connectivity index (χ1v) is 6.67. The summed E-state index contributed by atoms with van der Waals surface area (Å²) in [4.78, 5) is 13.3. The van der Waals surface area contributed by atoms with Gasteiger partial charge < -0.3 is 15.0 Å². The highest BCUT2D eigenvalue weighted by atomic mass is 79.9. The SMILES string of the molecule is CCN(C)C(=O)COc1ccc(Br)cc1CNC. The molecule has 0 aromatic heterocycles. The number of carbonyl (C=O) groups is 1. The number of ether oxygens (including phenoxy) is 1. The molecule has 1 N–H and O–H groups in total. The van der Waals surface area contributed by atoms with Crippen molar-refractivity contribution in [3.05, 3.63) is 28.2 Å². The minimum atomic E-state index is -0.0178. The molecular formula is C13H19BrN2O2. The van der Waals surface area contributed by atoms with Crippen LogP contribution in [0.3, 0.4) is 0 Å². The summed E-state index contributed by atoms with van der Waals surface area (Å²) >= 11 is 3.42. The molecule has 5 heteroatoms. The van der Waals surface area contributed by atoms with E-state index >= 15 is 0 Å². The maximum atomic E-state index is 11.7. The van der Waals surface area contributed by atoms with Gasteiger partial charge in [-0.2, -0.15) is 0 Å². The first-order valence-electron chi connectivity index (χ1n) is 5.88. The van der Waals surface area contributed by atoms with Gasteiger partial charge in [0.2, 0.25) is 0 Å². The molecular weight excluding hydrogens is 296 g/mol. The van der Waals surface area contributed by atoms with Crippen LogP contribution in [-0.2, 0) is 11.3 Å². The lowest BCUT2D eigenvalue weighted by atomic mass is 10.2. The van der Waals surface area contributed by atoms with Gasteiger partial charge in [0.1, 0.15) is 5.75 Å². The van der Waals surface area contributed by atoms with Crippen molar-refractivity contribution < 1.29 is 9.53 Å². The van der Waals surface area contributed by atoms with E-state index in [-0.39, 0.29) is 12.5 Å². The number of likely N-dealkylation sites (N-methyl/N-ethyl adjacent to an activating group) is 1. The maximum absolute atomic E-state index is 11.7. The molecule has 0 saturated heterocycles. The minimum absolute atomic E-state index is 0.0178. The van der Waals surface area contributed by atoms with Gasteiger partial charge >= 0.3 is 0 Å². The fourth-order valence-corrected chi connectivity index (χ4v) is 1.85. The lowest BCUT2D eigenvalue weighted by Gasteiger charge is -2.16. The molecule has 1 amide bonds. The van der Waals surface area contributed by atoms with Crippen molar-refractivity contribution in [3.63, 3.8) is 0 Å². The average molecular weight is 315 g/mol. The second-order valence-corrected chi connectivity index (χ2v) is 4.89. The molecule has 0 atom stereocenters. The summed E-state index contributed by atoms with van der Waals surface area (Å²) in [6.07, 6.45) is 0. The van der Waals surface area contributed by atoms with E-state index < -0.39 is 0 Å². The first kappa shape index (κ1) is 15.0. The van der Waals surface area contributed by atoms with Crippen molar-refractivity contribution in [1.29, 1.82) is 0 Å². The van der Waals surface area contributed by atoms with Crippen molar-refractivity contribution in [2.24, 2.45) is 0 Å². The smallest absolute Gasteiger partial charge is 0.260 e. The van der Waals surface area contributed by atoms with Crippen molar-refractivity contribution >= 4 is 21.8 Å². The maximum Gasteiger partial charge on any atom is 0.260 e. The van der Waals surface area contributed by atoms with E-state index in [9.17, 15) is 4.79 Å². The number of hydrogen-bond donors (Lipinski definition) is 1. The summed E-state index contributed by atoms with van der Waals surface area (Å²) in [5.41, 5.74) is 1.03. The van der Waals surface area contributed by atoms with Crippen LogP contribution in [0.15, 0.2) is 22.7 Å². The van der Waals surface area contributed by atoms with Crippen LogP contribution in [0.4, 0.5) is 0 Å². The van der Waals surface area contributed by atoms with Gasteiger partial charge in [-0.3, -0.25) is 4.79 Å². The fraction of sp³-hybridized carbons (Fsp3) is 0.462. The van der Waals surface area contributed by atoms with Gasteiger partial charge in [0, 0.05) is 30.2 Å². The number of hydrogen-bond acceptors (Lipinski definition) is 3. The molecule has 0 aliphatic carbocycles. The van der Waals surface area contributed by atoms with Crippen molar-refractivity contribution in [1.82, 2.24) is 10.2 Å². The molecule has 1 aromatic rings. The normalized spacial score (nSPS) is 10.2. The Morgan fingerprint density at radius 1 is 1.50 bits per heavy atom. The topological polar surface area (TPSA) is 41.6 Å². The van der Waals surface area contributed by atoms with Crippen LogP contribution in [0.25, 0.3) is 0 Å². The predicted octanol–water partition coefficient (Wildman–Crippen LogP) is 2.03. The van der Waals surface area contributed by atoms with Crippen LogP contribution in [-0.4, -0.2) is 38.1 Å². The van der Waals surface area contributed by atoms with E-state index in [0.29, 0.717) is 13.1 Å². The van der Waals surface area contributed by atoms with Crippen molar-refractivity contribution in [3.8, 4) is 5.75 Å². The zero-order valence-electron chi connectivity index (χ0n) is 11.0. The van der Waals surface area contributed by atoms with E-state index in [1.54, 1.807) is 11.9 Å². The number of rotatable bonds is 6. The van der Waals surface area contributed by atoms with Gasteiger partial charge in [-0.1, -0.05) is 15.9 Å². The second kappa shape index (κ2) is 7.38. The van der Waals surface area contributed by atoms with E-state index in [0.717, 1.165) is 15.8 Å². The van der Waals surface area contributed by atoms with E-state index in [1.165, 1.54) is 0 Å². The number of amides is 1. The highest BCUT2D eigenvalue weighted by molar-refractivity contribution is 9.10. The van der Waals surface area contributed by atoms with Crippen LogP contribution >= 0.6 is 15.9 Å². The molecule has 18 heavy (non-hydrogen) atoms. The third-order valence-corrected chi connectivity index (χ3v) is 3.13. The Hall–Kier alpha value is -1.07. The molecule has 0 unspecified atom stereocenters. The lowest BCUT2D eigenvalue weighted by molar-refractivity contribution is -0.131. The van der Waals surface area contributed by atoms with Gasteiger partial charge in [-0.15, -0.1) is 0 Å². The number of benzene rings is 1. The summed E-state index contributed by atoms with van der Waals surface area (Å²) in [6.45, 7) is 3.39. The largest absolute Gasteiger partial charge is 0.483 e. The summed E-state index contributed by atoms with van der Waals surface area (Å²) in [6, 6.07) is 5.76. The number of halogens is 1. The van der Waals surface area contributed by atoms with Crippen LogP contribution < -0.4 is 10.1 Å². The molecule has 4 nitrogen and oxygen atoms in total. The Kier molecular flexibility index (Phi) is 6.15. The Bertz CT molecular complexity index is 410. The van der Waals surface area contributed by atoms with Crippen molar-refractivity contribution in [2.45, 2.75) is 13.5 Å². The molecule has 0 spiro atoms. The Morgan fingerprint density at radius 2 is 2.22 bits per heavy atom. The summed E-state index contributed by atoms with van der Waals surface area (Å²) in [5, 5.41) is 3.08. The molecule has 100 valence electrons. The molecule has 0 radical (unpaired) electrons. The van der Waals surface area contributed by atoms with E-state index in [2.05, 4.69) is 21.2 Å². The summed E-state index contributed by atoms with van der Waals surface area (Å²) < 4.78 is 6.57. The second-order valence-electron chi connectivity index (χ2n) is 3.98.